The van der Waals surface area contributed by atoms with Gasteiger partial charge in [-0.1, -0.05) is 5.16 Å². The van der Waals surface area contributed by atoms with Gasteiger partial charge in [0.25, 0.3) is 0 Å². The highest BCUT2D eigenvalue weighted by molar-refractivity contribution is 5.96. The van der Waals surface area contributed by atoms with Crippen molar-refractivity contribution in [3.05, 3.63) is 29.6 Å². The van der Waals surface area contributed by atoms with Gasteiger partial charge in [-0.25, -0.2) is 0 Å². The van der Waals surface area contributed by atoms with E-state index in [1.54, 1.807) is 25.3 Å². The Labute approximate surface area is 106 Å². The lowest BCUT2D eigenvalue weighted by molar-refractivity contribution is -0.162. The molecule has 0 saturated carbocycles. The molecule has 94 valence electrons. The Balaban J connectivity index is 2.00. The molecule has 1 saturated heterocycles. The summed E-state index contributed by atoms with van der Waals surface area (Å²) in [6.45, 7) is 2.52. The van der Waals surface area contributed by atoms with Crippen LogP contribution < -0.4 is 0 Å². The maximum Gasteiger partial charge on any atom is 0.226 e. The van der Waals surface area contributed by atoms with Crippen LogP contribution in [0.15, 0.2) is 23.5 Å². The number of nitrogens with zero attached hydrogens (tertiary/aromatic N) is 3. The molecular formula is C13H15N3O2. The zero-order chi connectivity index (χ0) is 12.8. The number of oxime groups is 1. The molecule has 0 aliphatic carbocycles. The standard InChI is InChI=1S/C13H15N3O2/c1-10(12-8-11(9-14)5-6-15-12)16-18-13-4-2-3-7-17-13/h5-6,8,13H,2-4,7H2,1H3/b16-10+. The first-order valence-corrected chi connectivity index (χ1v) is 5.98. The molecule has 1 aliphatic rings. The normalized spacial score (nSPS) is 20.2. The number of ether oxygens (including phenoxy) is 1. The minimum absolute atomic E-state index is 0.257. The van der Waals surface area contributed by atoms with Crippen molar-refractivity contribution < 1.29 is 9.57 Å². The van der Waals surface area contributed by atoms with Gasteiger partial charge in [-0.15, -0.1) is 0 Å². The molecular weight excluding hydrogens is 230 g/mol. The Morgan fingerprint density at radius 3 is 3.22 bits per heavy atom. The Kier molecular flexibility index (Phi) is 4.26. The molecule has 1 aromatic rings. The minimum atomic E-state index is -0.257. The fourth-order valence-corrected chi connectivity index (χ4v) is 1.68. The number of pyridine rings is 1. The van der Waals surface area contributed by atoms with E-state index in [0.29, 0.717) is 17.0 Å². The lowest BCUT2D eigenvalue weighted by atomic mass is 10.2. The van der Waals surface area contributed by atoms with Crippen molar-refractivity contribution in [2.45, 2.75) is 32.5 Å². The monoisotopic (exact) mass is 245 g/mol. The van der Waals surface area contributed by atoms with Crippen molar-refractivity contribution >= 4 is 5.71 Å². The summed E-state index contributed by atoms with van der Waals surface area (Å²) in [5.74, 6) is 0. The average molecular weight is 245 g/mol. The third-order valence-electron chi connectivity index (χ3n) is 2.70. The predicted octanol–water partition coefficient (Wildman–Crippen LogP) is 2.22. The predicted molar refractivity (Wildman–Crippen MR) is 65.8 cm³/mol. The van der Waals surface area contributed by atoms with E-state index in [9.17, 15) is 0 Å². The van der Waals surface area contributed by atoms with Crippen molar-refractivity contribution in [3.8, 4) is 6.07 Å². The van der Waals surface area contributed by atoms with E-state index < -0.39 is 0 Å². The van der Waals surface area contributed by atoms with Gasteiger partial charge in [0.05, 0.1) is 23.9 Å². The topological polar surface area (TPSA) is 67.5 Å². The van der Waals surface area contributed by atoms with E-state index in [1.807, 2.05) is 0 Å². The highest BCUT2D eigenvalue weighted by Crippen LogP contribution is 2.14. The zero-order valence-electron chi connectivity index (χ0n) is 10.3. The molecule has 0 N–H and O–H groups in total. The molecule has 0 radical (unpaired) electrons. The van der Waals surface area contributed by atoms with Crippen LogP contribution in [0.5, 0.6) is 0 Å². The van der Waals surface area contributed by atoms with Gasteiger partial charge in [-0.05, 0) is 31.9 Å². The van der Waals surface area contributed by atoms with E-state index in [4.69, 9.17) is 14.8 Å². The number of nitriles is 1. The minimum Gasteiger partial charge on any atom is -0.363 e. The van der Waals surface area contributed by atoms with Gasteiger partial charge >= 0.3 is 0 Å². The lowest BCUT2D eigenvalue weighted by Crippen LogP contribution is -2.20. The first-order chi connectivity index (χ1) is 8.79. The molecule has 1 aliphatic heterocycles. The van der Waals surface area contributed by atoms with Crippen molar-refractivity contribution in [3.63, 3.8) is 0 Å². The Hall–Kier alpha value is -1.93. The summed E-state index contributed by atoms with van der Waals surface area (Å²) in [5, 5.41) is 12.8. The van der Waals surface area contributed by atoms with Crippen LogP contribution >= 0.6 is 0 Å². The second-order valence-electron chi connectivity index (χ2n) is 4.12. The molecule has 0 amide bonds. The van der Waals surface area contributed by atoms with Crippen LogP contribution in [0.1, 0.15) is 37.4 Å². The Morgan fingerprint density at radius 2 is 2.50 bits per heavy atom. The summed E-state index contributed by atoms with van der Waals surface area (Å²) in [6.07, 6.45) is 4.37. The molecule has 0 spiro atoms. The zero-order valence-corrected chi connectivity index (χ0v) is 10.3. The maximum absolute atomic E-state index is 8.81. The first-order valence-electron chi connectivity index (χ1n) is 5.98. The first kappa shape index (κ1) is 12.5. The van der Waals surface area contributed by atoms with Crippen LogP contribution in [0.25, 0.3) is 0 Å². The van der Waals surface area contributed by atoms with Crippen molar-refractivity contribution in [2.24, 2.45) is 5.16 Å². The second kappa shape index (κ2) is 6.12. The third kappa shape index (κ3) is 3.28. The largest absolute Gasteiger partial charge is 0.363 e. The van der Waals surface area contributed by atoms with Crippen LogP contribution in [0, 0.1) is 11.3 Å². The number of hydrogen-bond acceptors (Lipinski definition) is 5. The molecule has 1 atom stereocenters. The number of hydrogen-bond donors (Lipinski definition) is 0. The van der Waals surface area contributed by atoms with E-state index >= 15 is 0 Å². The average Bonchev–Trinajstić information content (AvgIpc) is 2.46. The molecule has 2 rings (SSSR count). The van der Waals surface area contributed by atoms with E-state index in [1.165, 1.54) is 0 Å². The molecule has 1 fully saturated rings. The molecule has 2 heterocycles. The molecule has 5 nitrogen and oxygen atoms in total. The maximum atomic E-state index is 8.81. The quantitative estimate of drug-likeness (QED) is 0.605. The van der Waals surface area contributed by atoms with E-state index in [2.05, 4.69) is 16.2 Å². The number of aromatic nitrogens is 1. The SMILES string of the molecule is C/C(=N\OC1CCCCO1)c1cc(C#N)ccn1. The fourth-order valence-electron chi connectivity index (χ4n) is 1.68. The summed E-state index contributed by atoms with van der Waals surface area (Å²) in [5.41, 5.74) is 1.84. The van der Waals surface area contributed by atoms with Crippen molar-refractivity contribution in [1.29, 1.82) is 5.26 Å². The van der Waals surface area contributed by atoms with Crippen LogP contribution in [0.4, 0.5) is 0 Å². The molecule has 1 unspecified atom stereocenters. The summed E-state index contributed by atoms with van der Waals surface area (Å²) in [6, 6.07) is 5.41. The van der Waals surface area contributed by atoms with Gasteiger partial charge in [0.15, 0.2) is 0 Å². The third-order valence-corrected chi connectivity index (χ3v) is 2.70. The Bertz CT molecular complexity index is 473. The van der Waals surface area contributed by atoms with E-state index in [0.717, 1.165) is 25.9 Å². The van der Waals surface area contributed by atoms with E-state index in [-0.39, 0.29) is 6.29 Å². The van der Waals surface area contributed by atoms with Crippen LogP contribution in [0.2, 0.25) is 0 Å². The molecule has 0 aromatic carbocycles. The molecule has 1 aromatic heterocycles. The van der Waals surface area contributed by atoms with Gasteiger partial charge in [0.2, 0.25) is 6.29 Å². The molecule has 5 heteroatoms. The van der Waals surface area contributed by atoms with Crippen molar-refractivity contribution in [2.75, 3.05) is 6.61 Å². The summed E-state index contributed by atoms with van der Waals surface area (Å²) in [7, 11) is 0. The fraction of sp³-hybridized carbons (Fsp3) is 0.462. The van der Waals surface area contributed by atoms with Gasteiger partial charge < -0.3 is 9.57 Å². The molecule has 18 heavy (non-hydrogen) atoms. The summed E-state index contributed by atoms with van der Waals surface area (Å²) in [4.78, 5) is 9.46. The van der Waals surface area contributed by atoms with Crippen LogP contribution in [0.3, 0.4) is 0 Å². The Morgan fingerprint density at radius 1 is 1.61 bits per heavy atom. The smallest absolute Gasteiger partial charge is 0.226 e. The molecule has 0 bridgehead atoms. The highest BCUT2D eigenvalue weighted by atomic mass is 16.8. The van der Waals surface area contributed by atoms with Crippen LogP contribution in [-0.2, 0) is 9.57 Å². The van der Waals surface area contributed by atoms with Gasteiger partial charge in [-0.2, -0.15) is 5.26 Å². The van der Waals surface area contributed by atoms with Gasteiger partial charge in [-0.3, -0.25) is 4.98 Å². The second-order valence-corrected chi connectivity index (χ2v) is 4.12. The lowest BCUT2D eigenvalue weighted by Gasteiger charge is -2.20. The number of rotatable bonds is 3. The van der Waals surface area contributed by atoms with Gasteiger partial charge in [0.1, 0.15) is 5.71 Å². The van der Waals surface area contributed by atoms with Crippen molar-refractivity contribution in [1.82, 2.24) is 4.98 Å². The summed E-state index contributed by atoms with van der Waals surface area (Å²) < 4.78 is 5.41. The summed E-state index contributed by atoms with van der Waals surface area (Å²) >= 11 is 0. The highest BCUT2D eigenvalue weighted by Gasteiger charge is 2.14. The van der Waals surface area contributed by atoms with Gasteiger partial charge in [0, 0.05) is 12.6 Å². The van der Waals surface area contributed by atoms with Crippen LogP contribution in [-0.4, -0.2) is 23.6 Å².